The standard InChI is InChI=1S/C36H31F5N8O3/c1-2-32(50)48-18-16-47(17-19-48)15-13-23-4-3-5-25(20-23)45-35-42-14-12-31(46-35)52-30-11-8-26(21-29(30)38)44-34(51)28-22-43-49(33(28)36(39,40)41)27-9-6-24(37)7-10-27/h2-12,14,20-22H,1,13,15-19H2,(H,44,51)(H,42,45,46). The van der Waals surface area contributed by atoms with Gasteiger partial charge in [-0.15, -0.1) is 0 Å². The molecule has 2 aromatic heterocycles. The van der Waals surface area contributed by atoms with E-state index in [4.69, 9.17) is 4.74 Å². The molecule has 0 unspecified atom stereocenters. The Hall–Kier alpha value is -6.16. The van der Waals surface area contributed by atoms with E-state index in [-0.39, 0.29) is 34.9 Å². The number of nitrogens with one attached hydrogen (secondary N) is 2. The third kappa shape index (κ3) is 8.58. The molecule has 0 aliphatic carbocycles. The van der Waals surface area contributed by atoms with Gasteiger partial charge in [-0.25, -0.2) is 18.4 Å². The molecule has 1 fully saturated rings. The number of amides is 2. The number of nitrogens with zero attached hydrogens (tertiary/aromatic N) is 6. The topological polar surface area (TPSA) is 118 Å². The molecule has 2 amide bonds. The molecular weight excluding hydrogens is 687 g/mol. The number of carbonyl (C=O) groups excluding carboxylic acids is 2. The Kier molecular flexibility index (Phi) is 10.6. The van der Waals surface area contributed by atoms with Crippen LogP contribution in [0.2, 0.25) is 0 Å². The molecule has 1 aliphatic rings. The van der Waals surface area contributed by atoms with Crippen LogP contribution >= 0.6 is 0 Å². The second-order valence-electron chi connectivity index (χ2n) is 11.7. The number of alkyl halides is 3. The summed E-state index contributed by atoms with van der Waals surface area (Å²) in [5.74, 6) is -2.91. The van der Waals surface area contributed by atoms with Gasteiger partial charge in [0, 0.05) is 62.4 Å². The molecule has 0 radical (unpaired) electrons. The zero-order valence-corrected chi connectivity index (χ0v) is 27.4. The first kappa shape index (κ1) is 35.7. The molecule has 3 heterocycles. The molecule has 5 aromatic rings. The van der Waals surface area contributed by atoms with E-state index in [1.165, 1.54) is 30.5 Å². The lowest BCUT2D eigenvalue weighted by Crippen LogP contribution is -2.48. The van der Waals surface area contributed by atoms with Crippen LogP contribution < -0.4 is 15.4 Å². The fraction of sp³-hybridized carbons (Fsp3) is 0.194. The van der Waals surface area contributed by atoms with Crippen molar-refractivity contribution in [2.75, 3.05) is 43.4 Å². The number of hydrogen-bond donors (Lipinski definition) is 2. The van der Waals surface area contributed by atoms with Gasteiger partial charge in [0.1, 0.15) is 5.82 Å². The van der Waals surface area contributed by atoms with Crippen molar-refractivity contribution in [3.8, 4) is 17.3 Å². The van der Waals surface area contributed by atoms with E-state index in [1.807, 2.05) is 24.3 Å². The molecule has 6 rings (SSSR count). The molecule has 1 saturated heterocycles. The van der Waals surface area contributed by atoms with Crippen LogP contribution in [-0.2, 0) is 17.4 Å². The number of hydrogen-bond acceptors (Lipinski definition) is 8. The average molecular weight is 719 g/mol. The van der Waals surface area contributed by atoms with Gasteiger partial charge in [-0.05, 0) is 66.6 Å². The number of piperazine rings is 1. The van der Waals surface area contributed by atoms with E-state index in [9.17, 15) is 27.2 Å². The van der Waals surface area contributed by atoms with Gasteiger partial charge < -0.3 is 20.3 Å². The lowest BCUT2D eigenvalue weighted by atomic mass is 10.1. The highest BCUT2D eigenvalue weighted by Gasteiger charge is 2.40. The number of benzene rings is 3. The van der Waals surface area contributed by atoms with E-state index in [0.717, 1.165) is 73.8 Å². The number of halogens is 5. The summed E-state index contributed by atoms with van der Waals surface area (Å²) < 4.78 is 76.6. The number of carbonyl (C=O) groups is 2. The average Bonchev–Trinajstić information content (AvgIpc) is 3.59. The lowest BCUT2D eigenvalue weighted by Gasteiger charge is -2.34. The van der Waals surface area contributed by atoms with Crippen molar-refractivity contribution in [3.05, 3.63) is 126 Å². The third-order valence-electron chi connectivity index (χ3n) is 8.15. The largest absolute Gasteiger partial charge is 0.436 e. The van der Waals surface area contributed by atoms with Crippen LogP contribution in [0.4, 0.5) is 39.3 Å². The molecule has 0 bridgehead atoms. The molecule has 16 heteroatoms. The SMILES string of the molecule is C=CC(=O)N1CCN(CCc2cccc(Nc3nccc(Oc4ccc(NC(=O)c5cnn(-c6ccc(F)cc6)c5C(F)(F)F)cc4F)n3)c2)CC1. The van der Waals surface area contributed by atoms with Crippen LogP contribution in [0.5, 0.6) is 11.6 Å². The normalized spacial score (nSPS) is 13.4. The van der Waals surface area contributed by atoms with Crippen LogP contribution in [0.25, 0.3) is 5.69 Å². The summed E-state index contributed by atoms with van der Waals surface area (Å²) >= 11 is 0. The molecule has 0 saturated carbocycles. The zero-order chi connectivity index (χ0) is 36.8. The maximum atomic E-state index is 15.1. The summed E-state index contributed by atoms with van der Waals surface area (Å²) in [6.45, 7) is 7.25. The lowest BCUT2D eigenvalue weighted by molar-refractivity contribution is -0.143. The van der Waals surface area contributed by atoms with Gasteiger partial charge >= 0.3 is 6.18 Å². The van der Waals surface area contributed by atoms with Crippen LogP contribution in [0.15, 0.2) is 97.8 Å². The number of anilines is 3. The predicted molar refractivity (Wildman–Crippen MR) is 182 cm³/mol. The van der Waals surface area contributed by atoms with Gasteiger partial charge in [0.05, 0.1) is 17.4 Å². The Bertz CT molecular complexity index is 2080. The summed E-state index contributed by atoms with van der Waals surface area (Å²) in [5.41, 5.74) is -0.663. The second kappa shape index (κ2) is 15.4. The van der Waals surface area contributed by atoms with E-state index >= 15 is 4.39 Å². The molecule has 0 atom stereocenters. The summed E-state index contributed by atoms with van der Waals surface area (Å²) in [4.78, 5) is 37.3. The molecular formula is C36H31F5N8O3. The Morgan fingerprint density at radius 2 is 1.71 bits per heavy atom. The minimum absolute atomic E-state index is 0.00134. The van der Waals surface area contributed by atoms with Crippen molar-refractivity contribution < 1.29 is 36.3 Å². The van der Waals surface area contributed by atoms with Crippen LogP contribution in [0.3, 0.4) is 0 Å². The predicted octanol–water partition coefficient (Wildman–Crippen LogP) is 6.62. The van der Waals surface area contributed by atoms with Crippen molar-refractivity contribution in [1.82, 2.24) is 29.5 Å². The van der Waals surface area contributed by atoms with Gasteiger partial charge in [0.25, 0.3) is 5.91 Å². The summed E-state index contributed by atoms with van der Waals surface area (Å²) in [6.07, 6.45) is -0.734. The van der Waals surface area contributed by atoms with Gasteiger partial charge in [-0.2, -0.15) is 23.3 Å². The molecule has 11 nitrogen and oxygen atoms in total. The van der Waals surface area contributed by atoms with Gasteiger partial charge in [0.15, 0.2) is 17.3 Å². The third-order valence-corrected chi connectivity index (χ3v) is 8.15. The van der Waals surface area contributed by atoms with Crippen molar-refractivity contribution in [3.63, 3.8) is 0 Å². The molecule has 0 spiro atoms. The minimum atomic E-state index is -5.00. The summed E-state index contributed by atoms with van der Waals surface area (Å²) in [7, 11) is 0. The minimum Gasteiger partial charge on any atom is -0.436 e. The highest BCUT2D eigenvalue weighted by molar-refractivity contribution is 6.05. The van der Waals surface area contributed by atoms with Crippen LogP contribution in [0.1, 0.15) is 21.6 Å². The number of rotatable bonds is 11. The van der Waals surface area contributed by atoms with Crippen molar-refractivity contribution in [2.24, 2.45) is 0 Å². The first-order valence-electron chi connectivity index (χ1n) is 16.0. The van der Waals surface area contributed by atoms with Gasteiger partial charge in [0.2, 0.25) is 17.7 Å². The number of ether oxygens (including phenoxy) is 1. The fourth-order valence-corrected chi connectivity index (χ4v) is 5.54. The quantitative estimate of drug-likeness (QED) is 0.116. The Labute approximate surface area is 294 Å². The molecule has 3 aromatic carbocycles. The van der Waals surface area contributed by atoms with E-state index in [1.54, 1.807) is 4.90 Å². The molecule has 52 heavy (non-hydrogen) atoms. The Morgan fingerprint density at radius 3 is 2.42 bits per heavy atom. The number of aromatic nitrogens is 4. The first-order valence-corrected chi connectivity index (χ1v) is 16.0. The van der Waals surface area contributed by atoms with Crippen molar-refractivity contribution >= 4 is 29.1 Å². The van der Waals surface area contributed by atoms with Gasteiger partial charge in [-0.3, -0.25) is 14.5 Å². The fourth-order valence-electron chi connectivity index (χ4n) is 5.54. The molecule has 2 N–H and O–H groups in total. The first-order chi connectivity index (χ1) is 25.0. The zero-order valence-electron chi connectivity index (χ0n) is 27.4. The van der Waals surface area contributed by atoms with Crippen LogP contribution in [-0.4, -0.2) is 74.1 Å². The van der Waals surface area contributed by atoms with Crippen molar-refractivity contribution in [1.29, 1.82) is 0 Å². The smallest absolute Gasteiger partial charge is 0.434 e. The Balaban J connectivity index is 1.07. The van der Waals surface area contributed by atoms with Crippen molar-refractivity contribution in [2.45, 2.75) is 12.6 Å². The second-order valence-corrected chi connectivity index (χ2v) is 11.7. The summed E-state index contributed by atoms with van der Waals surface area (Å²) in [6, 6.07) is 16.6. The van der Waals surface area contributed by atoms with E-state index in [0.29, 0.717) is 17.8 Å². The van der Waals surface area contributed by atoms with Crippen LogP contribution in [0, 0.1) is 11.6 Å². The molecule has 268 valence electrons. The highest BCUT2D eigenvalue weighted by Crippen LogP contribution is 2.34. The maximum Gasteiger partial charge on any atom is 0.434 e. The molecule has 1 aliphatic heterocycles. The van der Waals surface area contributed by atoms with E-state index < -0.39 is 35.0 Å². The maximum absolute atomic E-state index is 15.1. The summed E-state index contributed by atoms with van der Waals surface area (Å²) in [5, 5.41) is 9.04. The van der Waals surface area contributed by atoms with Gasteiger partial charge in [-0.1, -0.05) is 18.7 Å². The highest BCUT2D eigenvalue weighted by atomic mass is 19.4. The monoisotopic (exact) mass is 718 g/mol. The van der Waals surface area contributed by atoms with E-state index in [2.05, 4.69) is 37.2 Å². The Morgan fingerprint density at radius 1 is 0.942 bits per heavy atom.